The van der Waals surface area contributed by atoms with Gasteiger partial charge in [-0.25, -0.2) is 0 Å². The molecule has 1 aromatic heterocycles. The van der Waals surface area contributed by atoms with E-state index in [2.05, 4.69) is 0 Å². The van der Waals surface area contributed by atoms with E-state index in [9.17, 15) is 4.79 Å². The van der Waals surface area contributed by atoms with E-state index in [0.29, 0.717) is 33.6 Å². The second-order valence-electron chi connectivity index (χ2n) is 5.04. The van der Waals surface area contributed by atoms with Crippen molar-refractivity contribution in [2.75, 3.05) is 14.2 Å². The molecule has 0 aliphatic carbocycles. The molecular weight excluding hydrogens is 280 g/mol. The van der Waals surface area contributed by atoms with Gasteiger partial charge in [0.15, 0.2) is 0 Å². The summed E-state index contributed by atoms with van der Waals surface area (Å²) in [6, 6.07) is 10.9. The van der Waals surface area contributed by atoms with Crippen molar-refractivity contribution in [1.29, 1.82) is 0 Å². The van der Waals surface area contributed by atoms with Crippen LogP contribution in [0.4, 0.5) is 0 Å². The number of fused-ring (bicyclic) bond motifs is 1. The van der Waals surface area contributed by atoms with Crippen LogP contribution in [0.5, 0.6) is 11.5 Å². The van der Waals surface area contributed by atoms with Crippen LogP contribution in [0.2, 0.25) is 0 Å². The van der Waals surface area contributed by atoms with Gasteiger partial charge < -0.3 is 13.9 Å². The van der Waals surface area contributed by atoms with E-state index >= 15 is 0 Å². The monoisotopic (exact) mass is 296 g/mol. The zero-order valence-corrected chi connectivity index (χ0v) is 12.7. The molecule has 0 unspecified atom stereocenters. The van der Waals surface area contributed by atoms with Gasteiger partial charge in [-0.05, 0) is 36.8 Å². The van der Waals surface area contributed by atoms with Crippen molar-refractivity contribution in [1.82, 2.24) is 0 Å². The molecule has 3 rings (SSSR count). The molecule has 0 spiro atoms. The van der Waals surface area contributed by atoms with Crippen molar-refractivity contribution in [3.05, 3.63) is 58.4 Å². The topological polar surface area (TPSA) is 48.7 Å². The van der Waals surface area contributed by atoms with Crippen LogP contribution in [0.25, 0.3) is 22.1 Å². The lowest BCUT2D eigenvalue weighted by molar-refractivity contribution is 0.395. The summed E-state index contributed by atoms with van der Waals surface area (Å²) in [5, 5.41) is 0.556. The lowest BCUT2D eigenvalue weighted by Crippen LogP contribution is -2.05. The maximum atomic E-state index is 12.7. The van der Waals surface area contributed by atoms with Gasteiger partial charge in [0.1, 0.15) is 23.3 Å². The minimum Gasteiger partial charge on any atom is -0.497 e. The van der Waals surface area contributed by atoms with Crippen molar-refractivity contribution in [2.24, 2.45) is 0 Å². The van der Waals surface area contributed by atoms with Gasteiger partial charge in [-0.2, -0.15) is 0 Å². The van der Waals surface area contributed by atoms with Gasteiger partial charge in [-0.15, -0.1) is 0 Å². The van der Waals surface area contributed by atoms with E-state index < -0.39 is 0 Å². The summed E-state index contributed by atoms with van der Waals surface area (Å²) in [6.45, 7) is 1.96. The van der Waals surface area contributed by atoms with Crippen LogP contribution in [0.1, 0.15) is 5.56 Å². The summed E-state index contributed by atoms with van der Waals surface area (Å²) in [4.78, 5) is 12.7. The smallest absolute Gasteiger partial charge is 0.200 e. The second kappa shape index (κ2) is 5.56. The molecule has 112 valence electrons. The highest BCUT2D eigenvalue weighted by atomic mass is 16.5. The van der Waals surface area contributed by atoms with Gasteiger partial charge in [0.2, 0.25) is 5.43 Å². The standard InChI is InChI=1S/C18H16O4/c1-11-4-6-14-17(8-11)22-10-15(18(14)19)13-7-5-12(20-2)9-16(13)21-3/h4-10H,1-3H3. The van der Waals surface area contributed by atoms with Gasteiger partial charge in [-0.3, -0.25) is 4.79 Å². The zero-order chi connectivity index (χ0) is 15.7. The lowest BCUT2D eigenvalue weighted by atomic mass is 10.0. The Kier molecular flexibility index (Phi) is 3.59. The normalized spacial score (nSPS) is 10.7. The molecule has 2 aromatic carbocycles. The fourth-order valence-electron chi connectivity index (χ4n) is 2.44. The van der Waals surface area contributed by atoms with Crippen LogP contribution in [-0.4, -0.2) is 14.2 Å². The van der Waals surface area contributed by atoms with Crippen LogP contribution in [0.15, 0.2) is 51.9 Å². The largest absolute Gasteiger partial charge is 0.497 e. The highest BCUT2D eigenvalue weighted by Crippen LogP contribution is 2.32. The average Bonchev–Trinajstić information content (AvgIpc) is 2.54. The van der Waals surface area contributed by atoms with Gasteiger partial charge in [0, 0.05) is 11.6 Å². The van der Waals surface area contributed by atoms with E-state index in [1.54, 1.807) is 38.5 Å². The Bertz CT molecular complexity index is 893. The van der Waals surface area contributed by atoms with Crippen LogP contribution >= 0.6 is 0 Å². The Balaban J connectivity index is 2.25. The summed E-state index contributed by atoms with van der Waals surface area (Å²) in [5.41, 5.74) is 2.70. The Morgan fingerprint density at radius 3 is 2.50 bits per heavy atom. The van der Waals surface area contributed by atoms with Crippen LogP contribution < -0.4 is 14.9 Å². The molecule has 0 amide bonds. The third kappa shape index (κ3) is 2.33. The Labute approximate surface area is 127 Å². The van der Waals surface area contributed by atoms with Crippen LogP contribution in [-0.2, 0) is 0 Å². The van der Waals surface area contributed by atoms with E-state index in [1.807, 2.05) is 19.1 Å². The van der Waals surface area contributed by atoms with E-state index in [4.69, 9.17) is 13.9 Å². The Hall–Kier alpha value is -2.75. The Morgan fingerprint density at radius 2 is 1.77 bits per heavy atom. The zero-order valence-electron chi connectivity index (χ0n) is 12.7. The molecular formula is C18H16O4. The number of hydrogen-bond donors (Lipinski definition) is 0. The van der Waals surface area contributed by atoms with E-state index in [-0.39, 0.29) is 5.43 Å². The first-order valence-electron chi connectivity index (χ1n) is 6.88. The van der Waals surface area contributed by atoms with E-state index in [1.165, 1.54) is 6.26 Å². The molecule has 0 radical (unpaired) electrons. The van der Waals surface area contributed by atoms with Gasteiger partial charge in [0.05, 0.1) is 25.2 Å². The molecule has 4 nitrogen and oxygen atoms in total. The average molecular weight is 296 g/mol. The molecule has 0 aliphatic rings. The molecule has 3 aromatic rings. The van der Waals surface area contributed by atoms with E-state index in [0.717, 1.165) is 5.56 Å². The number of ether oxygens (including phenoxy) is 2. The number of methoxy groups -OCH3 is 2. The molecule has 0 fully saturated rings. The SMILES string of the molecule is COc1ccc(-c2coc3cc(C)ccc3c2=O)c(OC)c1. The quantitative estimate of drug-likeness (QED) is 0.738. The van der Waals surface area contributed by atoms with Crippen molar-refractivity contribution >= 4 is 11.0 Å². The predicted octanol–water partition coefficient (Wildman–Crippen LogP) is 3.79. The lowest BCUT2D eigenvalue weighted by Gasteiger charge is -2.10. The molecule has 22 heavy (non-hydrogen) atoms. The highest BCUT2D eigenvalue weighted by molar-refractivity contribution is 5.83. The minimum atomic E-state index is -0.0790. The third-order valence-corrected chi connectivity index (χ3v) is 3.63. The fourth-order valence-corrected chi connectivity index (χ4v) is 2.44. The van der Waals surface area contributed by atoms with Crippen LogP contribution in [0.3, 0.4) is 0 Å². The summed E-state index contributed by atoms with van der Waals surface area (Å²) in [6.07, 6.45) is 1.48. The first-order chi connectivity index (χ1) is 10.6. The summed E-state index contributed by atoms with van der Waals surface area (Å²) in [5.74, 6) is 1.24. The number of rotatable bonds is 3. The fraction of sp³-hybridized carbons (Fsp3) is 0.167. The summed E-state index contributed by atoms with van der Waals surface area (Å²) >= 11 is 0. The van der Waals surface area contributed by atoms with Crippen LogP contribution in [0, 0.1) is 6.92 Å². The minimum absolute atomic E-state index is 0.0790. The summed E-state index contributed by atoms with van der Waals surface area (Å²) in [7, 11) is 3.14. The molecule has 4 heteroatoms. The number of hydrogen-bond acceptors (Lipinski definition) is 4. The van der Waals surface area contributed by atoms with Gasteiger partial charge in [-0.1, -0.05) is 6.07 Å². The summed E-state index contributed by atoms with van der Waals surface area (Å²) < 4.78 is 16.2. The molecule has 0 bridgehead atoms. The number of benzene rings is 2. The van der Waals surface area contributed by atoms with Crippen molar-refractivity contribution in [2.45, 2.75) is 6.92 Å². The first kappa shape index (κ1) is 14.2. The first-order valence-corrected chi connectivity index (χ1v) is 6.88. The maximum Gasteiger partial charge on any atom is 0.200 e. The molecule has 0 saturated carbocycles. The third-order valence-electron chi connectivity index (χ3n) is 3.63. The van der Waals surface area contributed by atoms with Crippen molar-refractivity contribution in [3.8, 4) is 22.6 Å². The predicted molar refractivity (Wildman–Crippen MR) is 85.8 cm³/mol. The highest BCUT2D eigenvalue weighted by Gasteiger charge is 2.14. The van der Waals surface area contributed by atoms with Gasteiger partial charge >= 0.3 is 0 Å². The molecule has 0 atom stereocenters. The maximum absolute atomic E-state index is 12.7. The van der Waals surface area contributed by atoms with Crippen molar-refractivity contribution < 1.29 is 13.9 Å². The molecule has 1 heterocycles. The van der Waals surface area contributed by atoms with Crippen molar-refractivity contribution in [3.63, 3.8) is 0 Å². The Morgan fingerprint density at radius 1 is 0.955 bits per heavy atom. The second-order valence-corrected chi connectivity index (χ2v) is 5.04. The molecule has 0 saturated heterocycles. The van der Waals surface area contributed by atoms with Gasteiger partial charge in [0.25, 0.3) is 0 Å². The molecule has 0 aliphatic heterocycles. The molecule has 0 N–H and O–H groups in total. The number of aryl methyl sites for hydroxylation is 1.